The predicted molar refractivity (Wildman–Crippen MR) is 95.0 cm³/mol. The zero-order valence-electron chi connectivity index (χ0n) is 13.5. The molecule has 0 radical (unpaired) electrons. The maximum atomic E-state index is 12.5. The highest BCUT2D eigenvalue weighted by molar-refractivity contribution is 6.07. The van der Waals surface area contributed by atoms with E-state index in [1.54, 1.807) is 67.2 Å². The zero-order chi connectivity index (χ0) is 17.8. The molecule has 3 aromatic heterocycles. The highest BCUT2D eigenvalue weighted by Crippen LogP contribution is 2.24. The number of hydrogen-bond donors (Lipinski definition) is 2. The lowest BCUT2D eigenvalue weighted by atomic mass is 10.2. The molecule has 0 spiro atoms. The first-order chi connectivity index (χ1) is 12.8. The molecule has 0 aliphatic carbocycles. The van der Waals surface area contributed by atoms with Gasteiger partial charge in [0.1, 0.15) is 17.2 Å². The van der Waals surface area contributed by atoms with Crippen LogP contribution in [0.4, 0.5) is 5.69 Å². The van der Waals surface area contributed by atoms with Crippen molar-refractivity contribution in [2.75, 3.05) is 5.32 Å². The Labute approximate surface area is 148 Å². The molecule has 4 rings (SSSR count). The van der Waals surface area contributed by atoms with Crippen LogP contribution < -0.4 is 10.1 Å². The second-order valence-electron chi connectivity index (χ2n) is 5.40. The third-order valence-electron chi connectivity index (χ3n) is 3.65. The number of carbonyl (C=O) groups is 1. The average molecular weight is 346 g/mol. The van der Waals surface area contributed by atoms with E-state index < -0.39 is 0 Å². The van der Waals surface area contributed by atoms with Crippen LogP contribution >= 0.6 is 0 Å². The van der Waals surface area contributed by atoms with Crippen LogP contribution in [0, 0.1) is 0 Å². The van der Waals surface area contributed by atoms with Crippen molar-refractivity contribution in [2.45, 2.75) is 0 Å². The van der Waals surface area contributed by atoms with Crippen LogP contribution in [0.3, 0.4) is 0 Å². The Balaban J connectivity index is 1.46. The fraction of sp³-hybridized carbons (Fsp3) is 0. The summed E-state index contributed by atoms with van der Waals surface area (Å²) in [5.74, 6) is 1.62. The van der Waals surface area contributed by atoms with Crippen LogP contribution in [0.2, 0.25) is 0 Å². The van der Waals surface area contributed by atoms with E-state index in [1.807, 2.05) is 0 Å². The monoisotopic (exact) mass is 346 g/mol. The average Bonchev–Trinajstić information content (AvgIpc) is 3.35. The van der Waals surface area contributed by atoms with Gasteiger partial charge in [-0.3, -0.25) is 14.9 Å². The third-order valence-corrected chi connectivity index (χ3v) is 3.65. The van der Waals surface area contributed by atoms with Crippen molar-refractivity contribution in [3.8, 4) is 23.0 Å². The molecule has 26 heavy (non-hydrogen) atoms. The van der Waals surface area contributed by atoms with Crippen molar-refractivity contribution in [2.24, 2.45) is 0 Å². The number of ether oxygens (including phenoxy) is 1. The van der Waals surface area contributed by atoms with Crippen molar-refractivity contribution >= 4 is 11.6 Å². The van der Waals surface area contributed by atoms with Gasteiger partial charge >= 0.3 is 0 Å². The van der Waals surface area contributed by atoms with Gasteiger partial charge in [-0.05, 0) is 48.5 Å². The van der Waals surface area contributed by atoms with Crippen LogP contribution in [0.25, 0.3) is 11.5 Å². The zero-order valence-corrected chi connectivity index (χ0v) is 13.5. The first kappa shape index (κ1) is 15.6. The summed E-state index contributed by atoms with van der Waals surface area (Å²) in [5.41, 5.74) is 1.57. The Morgan fingerprint density at radius 1 is 1.04 bits per heavy atom. The second-order valence-corrected chi connectivity index (χ2v) is 5.40. The molecule has 0 saturated heterocycles. The molecule has 128 valence electrons. The molecule has 2 N–H and O–H groups in total. The van der Waals surface area contributed by atoms with Crippen LogP contribution in [0.1, 0.15) is 10.4 Å². The minimum Gasteiger partial charge on any atom is -0.463 e. The summed E-state index contributed by atoms with van der Waals surface area (Å²) >= 11 is 0. The van der Waals surface area contributed by atoms with Crippen molar-refractivity contribution in [3.05, 3.63) is 78.9 Å². The second kappa shape index (κ2) is 6.94. The van der Waals surface area contributed by atoms with Crippen LogP contribution in [-0.4, -0.2) is 21.1 Å². The van der Waals surface area contributed by atoms with Gasteiger partial charge < -0.3 is 14.5 Å². The maximum absolute atomic E-state index is 12.5. The lowest BCUT2D eigenvalue weighted by Crippen LogP contribution is -2.12. The van der Waals surface area contributed by atoms with E-state index in [2.05, 4.69) is 20.5 Å². The summed E-state index contributed by atoms with van der Waals surface area (Å²) < 4.78 is 11.0. The summed E-state index contributed by atoms with van der Waals surface area (Å²) in [6.45, 7) is 0. The van der Waals surface area contributed by atoms with Crippen molar-refractivity contribution in [1.29, 1.82) is 0 Å². The third kappa shape index (κ3) is 3.32. The van der Waals surface area contributed by atoms with Gasteiger partial charge in [-0.1, -0.05) is 0 Å². The molecule has 4 aromatic rings. The van der Waals surface area contributed by atoms with Gasteiger partial charge in [-0.15, -0.1) is 0 Å². The summed E-state index contributed by atoms with van der Waals surface area (Å²) in [7, 11) is 0. The smallest absolute Gasteiger partial charge is 0.259 e. The fourth-order valence-corrected chi connectivity index (χ4v) is 2.41. The van der Waals surface area contributed by atoms with Crippen LogP contribution in [0.5, 0.6) is 11.5 Å². The van der Waals surface area contributed by atoms with Crippen LogP contribution in [-0.2, 0) is 0 Å². The molecule has 1 amide bonds. The number of nitrogens with one attached hydrogen (secondary N) is 2. The molecule has 0 aliphatic heterocycles. The molecular formula is C19H14N4O3. The van der Waals surface area contributed by atoms with Gasteiger partial charge in [0.25, 0.3) is 5.91 Å². The highest BCUT2D eigenvalue weighted by Gasteiger charge is 2.17. The van der Waals surface area contributed by atoms with Gasteiger partial charge in [0.05, 0.1) is 18.0 Å². The SMILES string of the molecule is O=C(Nc1ccc(Oc2ccncc2)cc1)c1cn[nH]c1-c1ccco1. The first-order valence-electron chi connectivity index (χ1n) is 7.86. The van der Waals surface area contributed by atoms with Gasteiger partial charge in [0.15, 0.2) is 5.76 Å². The van der Waals surface area contributed by atoms with E-state index in [0.29, 0.717) is 34.2 Å². The number of aromatic nitrogens is 3. The molecule has 0 unspecified atom stereocenters. The lowest BCUT2D eigenvalue weighted by molar-refractivity contribution is 0.102. The molecular weight excluding hydrogens is 332 g/mol. The molecule has 0 bridgehead atoms. The van der Waals surface area contributed by atoms with E-state index in [1.165, 1.54) is 6.20 Å². The minimum absolute atomic E-state index is 0.284. The van der Waals surface area contributed by atoms with E-state index in [-0.39, 0.29) is 5.91 Å². The number of carbonyl (C=O) groups excluding carboxylic acids is 1. The molecule has 0 atom stereocenters. The number of furan rings is 1. The molecule has 7 nitrogen and oxygen atoms in total. The summed E-state index contributed by atoms with van der Waals surface area (Å²) in [6, 6.07) is 14.1. The Hall–Kier alpha value is -3.87. The topological polar surface area (TPSA) is 93.0 Å². The van der Waals surface area contributed by atoms with Gasteiger partial charge in [0.2, 0.25) is 0 Å². The number of rotatable bonds is 5. The van der Waals surface area contributed by atoms with E-state index >= 15 is 0 Å². The summed E-state index contributed by atoms with van der Waals surface area (Å²) in [6.07, 6.45) is 6.32. The standard InChI is InChI=1S/C19H14N4O3/c24-19(16-12-21-23-18(16)17-2-1-11-25-17)22-13-3-5-14(6-4-13)26-15-7-9-20-10-8-15/h1-12H,(H,21,23)(H,22,24). The largest absolute Gasteiger partial charge is 0.463 e. The molecule has 0 aliphatic rings. The molecule has 1 aromatic carbocycles. The van der Waals surface area contributed by atoms with E-state index in [4.69, 9.17) is 9.15 Å². The fourth-order valence-electron chi connectivity index (χ4n) is 2.41. The number of hydrogen-bond acceptors (Lipinski definition) is 5. The van der Waals surface area contributed by atoms with E-state index in [0.717, 1.165) is 0 Å². The summed E-state index contributed by atoms with van der Waals surface area (Å²) in [5, 5.41) is 9.54. The minimum atomic E-state index is -0.284. The number of H-pyrrole nitrogens is 1. The Kier molecular flexibility index (Phi) is 4.17. The van der Waals surface area contributed by atoms with Crippen molar-refractivity contribution in [1.82, 2.24) is 15.2 Å². The number of anilines is 1. The summed E-state index contributed by atoms with van der Waals surface area (Å²) in [4.78, 5) is 16.5. The lowest BCUT2D eigenvalue weighted by Gasteiger charge is -2.08. The van der Waals surface area contributed by atoms with Crippen molar-refractivity contribution < 1.29 is 13.9 Å². The highest BCUT2D eigenvalue weighted by atomic mass is 16.5. The Morgan fingerprint density at radius 3 is 2.54 bits per heavy atom. The number of pyridine rings is 1. The predicted octanol–water partition coefficient (Wildman–Crippen LogP) is 4.11. The quantitative estimate of drug-likeness (QED) is 0.567. The van der Waals surface area contributed by atoms with Gasteiger partial charge in [-0.2, -0.15) is 5.10 Å². The molecule has 0 saturated carbocycles. The number of amides is 1. The molecule has 7 heteroatoms. The maximum Gasteiger partial charge on any atom is 0.259 e. The normalized spacial score (nSPS) is 10.5. The van der Waals surface area contributed by atoms with Gasteiger partial charge in [-0.25, -0.2) is 0 Å². The molecule has 0 fully saturated rings. The Morgan fingerprint density at radius 2 is 1.81 bits per heavy atom. The number of benzene rings is 1. The number of nitrogens with zero attached hydrogens (tertiary/aromatic N) is 2. The Bertz CT molecular complexity index is 993. The first-order valence-corrected chi connectivity index (χ1v) is 7.86. The van der Waals surface area contributed by atoms with Crippen molar-refractivity contribution in [3.63, 3.8) is 0 Å². The number of aromatic amines is 1. The van der Waals surface area contributed by atoms with Crippen LogP contribution in [0.15, 0.2) is 77.8 Å². The van der Waals surface area contributed by atoms with Gasteiger partial charge in [0, 0.05) is 18.1 Å². The van der Waals surface area contributed by atoms with E-state index in [9.17, 15) is 4.79 Å². The molecule has 3 heterocycles.